The molecule has 0 spiro atoms. The molecule has 3 N–H and O–H groups in total. The lowest BCUT2D eigenvalue weighted by Gasteiger charge is -2.14. The van der Waals surface area contributed by atoms with Gasteiger partial charge in [0.25, 0.3) is 11.8 Å². The van der Waals surface area contributed by atoms with Gasteiger partial charge in [0.1, 0.15) is 0 Å². The fourth-order valence-corrected chi connectivity index (χ4v) is 3.53. The van der Waals surface area contributed by atoms with E-state index in [0.29, 0.717) is 12.0 Å². The Labute approximate surface area is 163 Å². The number of hydrogen-bond donors (Lipinski definition) is 2. The summed E-state index contributed by atoms with van der Waals surface area (Å²) in [4.78, 5) is 26.1. The number of aliphatic hydroxyl groups is 1. The van der Waals surface area contributed by atoms with E-state index in [1.54, 1.807) is 24.3 Å². The van der Waals surface area contributed by atoms with Gasteiger partial charge in [-0.3, -0.25) is 14.5 Å². The Bertz CT molecular complexity index is 1100. The largest absolute Gasteiger partial charge is 0.502 e. The molecule has 0 bridgehead atoms. The third kappa shape index (κ3) is 3.69. The third-order valence-corrected chi connectivity index (χ3v) is 5.74. The molecule has 1 aliphatic heterocycles. The van der Waals surface area contributed by atoms with Crippen LogP contribution in [-0.2, 0) is 26.0 Å². The fraction of sp³-hybridized carbons (Fsp3) is 0.200. The molecule has 0 saturated carbocycles. The van der Waals surface area contributed by atoms with Crippen molar-refractivity contribution in [2.45, 2.75) is 25.2 Å². The number of amides is 2. The maximum Gasteiger partial charge on any atom is 0.296 e. The van der Waals surface area contributed by atoms with Crippen LogP contribution in [0.5, 0.6) is 0 Å². The zero-order chi connectivity index (χ0) is 20.6. The first-order valence-corrected chi connectivity index (χ1v) is 10.1. The van der Waals surface area contributed by atoms with Gasteiger partial charge >= 0.3 is 0 Å². The van der Waals surface area contributed by atoms with Crippen LogP contribution in [0.2, 0.25) is 0 Å². The Balaban J connectivity index is 1.77. The van der Waals surface area contributed by atoms with Crippen LogP contribution in [-0.4, -0.2) is 36.8 Å². The average Bonchev–Trinajstić information content (AvgIpc) is 2.84. The van der Waals surface area contributed by atoms with E-state index in [-0.39, 0.29) is 17.0 Å². The van der Waals surface area contributed by atoms with Gasteiger partial charge in [-0.25, -0.2) is 13.6 Å². The first-order valence-electron chi connectivity index (χ1n) is 8.58. The van der Waals surface area contributed by atoms with Gasteiger partial charge in [-0.05, 0) is 54.7 Å². The van der Waals surface area contributed by atoms with Crippen molar-refractivity contribution in [3.63, 3.8) is 0 Å². The SMILES string of the molecule is Cc1ccc(C2=C(O)C(=O)N(CCc3ccc(S(N)(=O)=O)cc3)C2=O)cc1C. The summed E-state index contributed by atoms with van der Waals surface area (Å²) >= 11 is 0. The van der Waals surface area contributed by atoms with Crippen molar-refractivity contribution in [3.8, 4) is 0 Å². The molecule has 0 unspecified atom stereocenters. The van der Waals surface area contributed by atoms with Crippen LogP contribution in [0.3, 0.4) is 0 Å². The van der Waals surface area contributed by atoms with Crippen molar-refractivity contribution in [1.29, 1.82) is 0 Å². The van der Waals surface area contributed by atoms with Crippen LogP contribution in [0.15, 0.2) is 53.1 Å². The second-order valence-corrected chi connectivity index (χ2v) is 8.28. The summed E-state index contributed by atoms with van der Waals surface area (Å²) in [6, 6.07) is 11.2. The lowest BCUT2D eigenvalue weighted by Crippen LogP contribution is -2.33. The van der Waals surface area contributed by atoms with Crippen molar-refractivity contribution in [2.24, 2.45) is 5.14 Å². The normalized spacial score (nSPS) is 14.9. The van der Waals surface area contributed by atoms with Gasteiger partial charge in [-0.15, -0.1) is 0 Å². The van der Waals surface area contributed by atoms with Gasteiger partial charge in [-0.1, -0.05) is 30.3 Å². The third-order valence-electron chi connectivity index (χ3n) is 4.82. The summed E-state index contributed by atoms with van der Waals surface area (Å²) in [5.41, 5.74) is 3.22. The Morgan fingerprint density at radius 3 is 2.18 bits per heavy atom. The Morgan fingerprint density at radius 1 is 0.964 bits per heavy atom. The van der Waals surface area contributed by atoms with E-state index >= 15 is 0 Å². The Morgan fingerprint density at radius 2 is 1.61 bits per heavy atom. The van der Waals surface area contributed by atoms with Crippen LogP contribution < -0.4 is 5.14 Å². The molecular weight excluding hydrogens is 380 g/mol. The second-order valence-electron chi connectivity index (χ2n) is 6.72. The number of sulfonamides is 1. The Hall–Kier alpha value is -2.97. The van der Waals surface area contributed by atoms with Crippen LogP contribution in [0.1, 0.15) is 22.3 Å². The van der Waals surface area contributed by atoms with E-state index < -0.39 is 27.6 Å². The number of aryl methyl sites for hydroxylation is 2. The number of rotatable bonds is 5. The lowest BCUT2D eigenvalue weighted by molar-refractivity contribution is -0.138. The molecule has 0 aromatic heterocycles. The summed E-state index contributed by atoms with van der Waals surface area (Å²) in [6.45, 7) is 3.88. The summed E-state index contributed by atoms with van der Waals surface area (Å²) in [5, 5.41) is 15.3. The number of nitrogens with two attached hydrogens (primary N) is 1. The summed E-state index contributed by atoms with van der Waals surface area (Å²) < 4.78 is 22.6. The fourth-order valence-electron chi connectivity index (χ4n) is 3.01. The molecule has 2 aromatic rings. The van der Waals surface area contributed by atoms with E-state index in [0.717, 1.165) is 21.6 Å². The van der Waals surface area contributed by atoms with E-state index in [9.17, 15) is 23.1 Å². The highest BCUT2D eigenvalue weighted by atomic mass is 32.2. The molecule has 8 heteroatoms. The number of nitrogens with zero attached hydrogens (tertiary/aromatic N) is 1. The molecule has 3 rings (SSSR count). The molecule has 0 saturated heterocycles. The van der Waals surface area contributed by atoms with Crippen molar-refractivity contribution in [1.82, 2.24) is 4.90 Å². The number of carbonyl (C=O) groups is 2. The lowest BCUT2D eigenvalue weighted by atomic mass is 10.00. The maximum atomic E-state index is 12.7. The maximum absolute atomic E-state index is 12.7. The standard InChI is InChI=1S/C20H20N2O5S/c1-12-3-6-15(11-13(12)2)17-18(23)20(25)22(19(17)24)10-9-14-4-7-16(8-5-14)28(21,26)27/h3-8,11,23H,9-10H2,1-2H3,(H2,21,26,27). The van der Waals surface area contributed by atoms with Crippen LogP contribution in [0.4, 0.5) is 0 Å². The van der Waals surface area contributed by atoms with E-state index in [1.807, 2.05) is 19.9 Å². The number of primary sulfonamides is 1. The molecule has 0 fully saturated rings. The molecule has 0 atom stereocenters. The topological polar surface area (TPSA) is 118 Å². The molecule has 0 radical (unpaired) electrons. The molecule has 146 valence electrons. The zero-order valence-electron chi connectivity index (χ0n) is 15.5. The monoisotopic (exact) mass is 400 g/mol. The molecule has 28 heavy (non-hydrogen) atoms. The molecule has 2 aromatic carbocycles. The average molecular weight is 400 g/mol. The highest BCUT2D eigenvalue weighted by molar-refractivity contribution is 7.89. The number of hydrogen-bond acceptors (Lipinski definition) is 5. The van der Waals surface area contributed by atoms with Crippen molar-refractivity contribution >= 4 is 27.4 Å². The van der Waals surface area contributed by atoms with Crippen LogP contribution >= 0.6 is 0 Å². The van der Waals surface area contributed by atoms with Crippen LogP contribution in [0.25, 0.3) is 5.57 Å². The summed E-state index contributed by atoms with van der Waals surface area (Å²) in [5.74, 6) is -1.84. The second kappa shape index (κ2) is 7.21. The minimum atomic E-state index is -3.78. The van der Waals surface area contributed by atoms with Crippen molar-refractivity contribution in [2.75, 3.05) is 6.54 Å². The van der Waals surface area contributed by atoms with Gasteiger partial charge < -0.3 is 5.11 Å². The predicted octanol–water partition coefficient (Wildman–Crippen LogP) is 1.83. The summed E-state index contributed by atoms with van der Waals surface area (Å²) in [6.07, 6.45) is 0.315. The Kier molecular flexibility index (Phi) is 5.10. The minimum Gasteiger partial charge on any atom is -0.502 e. The van der Waals surface area contributed by atoms with E-state index in [2.05, 4.69) is 0 Å². The summed E-state index contributed by atoms with van der Waals surface area (Å²) in [7, 11) is -3.78. The molecule has 7 nitrogen and oxygen atoms in total. The smallest absolute Gasteiger partial charge is 0.296 e. The molecule has 1 aliphatic rings. The van der Waals surface area contributed by atoms with Crippen molar-refractivity contribution in [3.05, 3.63) is 70.5 Å². The predicted molar refractivity (Wildman–Crippen MR) is 104 cm³/mol. The zero-order valence-corrected chi connectivity index (χ0v) is 16.3. The minimum absolute atomic E-state index is 0.00215. The van der Waals surface area contributed by atoms with E-state index in [1.165, 1.54) is 12.1 Å². The van der Waals surface area contributed by atoms with Gasteiger partial charge in [-0.2, -0.15) is 0 Å². The highest BCUT2D eigenvalue weighted by Crippen LogP contribution is 2.29. The number of imide groups is 1. The van der Waals surface area contributed by atoms with Gasteiger partial charge in [0, 0.05) is 6.54 Å². The quantitative estimate of drug-likeness (QED) is 0.743. The molecule has 0 aliphatic carbocycles. The number of carbonyl (C=O) groups excluding carboxylic acids is 2. The molecule has 1 heterocycles. The number of aliphatic hydroxyl groups excluding tert-OH is 1. The first kappa shape index (κ1) is 19.8. The van der Waals surface area contributed by atoms with Crippen molar-refractivity contribution < 1.29 is 23.1 Å². The number of benzene rings is 2. The molecule has 2 amide bonds. The van der Waals surface area contributed by atoms with Crippen LogP contribution in [0, 0.1) is 13.8 Å². The van der Waals surface area contributed by atoms with Gasteiger partial charge in [0.05, 0.1) is 10.5 Å². The highest BCUT2D eigenvalue weighted by Gasteiger charge is 2.38. The van der Waals surface area contributed by atoms with Gasteiger partial charge in [0.2, 0.25) is 10.0 Å². The molecular formula is C20H20N2O5S. The first-order chi connectivity index (χ1) is 13.1. The van der Waals surface area contributed by atoms with E-state index in [4.69, 9.17) is 5.14 Å². The van der Waals surface area contributed by atoms with Gasteiger partial charge in [0.15, 0.2) is 5.76 Å².